The fourth-order valence-corrected chi connectivity index (χ4v) is 2.52. The Morgan fingerprint density at radius 3 is 3.00 bits per heavy atom. The van der Waals surface area contributed by atoms with Crippen molar-refractivity contribution in [2.45, 2.75) is 19.3 Å². The molecule has 1 aromatic rings. The molecule has 1 aliphatic heterocycles. The molecule has 1 aliphatic rings. The van der Waals surface area contributed by atoms with Gasteiger partial charge in [-0.2, -0.15) is 0 Å². The first-order chi connectivity index (χ1) is 10.1. The van der Waals surface area contributed by atoms with Gasteiger partial charge in [-0.1, -0.05) is 11.6 Å². The predicted molar refractivity (Wildman–Crippen MR) is 87.4 cm³/mol. The van der Waals surface area contributed by atoms with Crippen LogP contribution in [0.2, 0.25) is 5.02 Å². The maximum absolute atomic E-state index is 13.0. The van der Waals surface area contributed by atoms with Crippen molar-refractivity contribution in [3.05, 3.63) is 29.0 Å². The fourth-order valence-electron chi connectivity index (χ4n) is 2.35. The molecule has 0 spiro atoms. The van der Waals surface area contributed by atoms with Crippen LogP contribution in [0.25, 0.3) is 0 Å². The number of hydrogen-bond donors (Lipinski definition) is 2. The average Bonchev–Trinajstić information content (AvgIpc) is 2.49. The second-order valence-electron chi connectivity index (χ2n) is 5.22. The Kier molecular flexibility index (Phi) is 8.53. The molecule has 4 nitrogen and oxygen atoms in total. The minimum absolute atomic E-state index is 0. The first kappa shape index (κ1) is 19.0. The largest absolute Gasteiger partial charge is 0.484 e. The highest BCUT2D eigenvalue weighted by Crippen LogP contribution is 2.20. The lowest BCUT2D eigenvalue weighted by molar-refractivity contribution is -0.123. The summed E-state index contributed by atoms with van der Waals surface area (Å²) in [6.45, 7) is 2.68. The van der Waals surface area contributed by atoms with Crippen molar-refractivity contribution in [3.8, 4) is 5.75 Å². The Morgan fingerprint density at radius 2 is 2.32 bits per heavy atom. The van der Waals surface area contributed by atoms with Crippen LogP contribution in [0.1, 0.15) is 19.3 Å². The Labute approximate surface area is 141 Å². The molecule has 1 amide bonds. The molecule has 1 saturated heterocycles. The second-order valence-corrected chi connectivity index (χ2v) is 5.62. The molecule has 0 aliphatic carbocycles. The highest BCUT2D eigenvalue weighted by molar-refractivity contribution is 6.30. The number of benzene rings is 1. The lowest BCUT2D eigenvalue weighted by Gasteiger charge is -2.22. The third-order valence-corrected chi connectivity index (χ3v) is 3.82. The standard InChI is InChI=1S/C15H20ClFN2O2.ClH/c16-13-8-12(3-4-14(13)17)21-10-15(20)19-7-5-11-2-1-6-18-9-11;/h3-4,8,11,18H,1-2,5-7,9-10H2,(H,19,20);1H. The average molecular weight is 351 g/mol. The molecule has 2 N–H and O–H groups in total. The third kappa shape index (κ3) is 6.38. The van der Waals surface area contributed by atoms with Gasteiger partial charge in [-0.05, 0) is 50.4 Å². The summed E-state index contributed by atoms with van der Waals surface area (Å²) in [6.07, 6.45) is 3.39. The van der Waals surface area contributed by atoms with Crippen molar-refractivity contribution < 1.29 is 13.9 Å². The molecule has 1 atom stereocenters. The zero-order valence-corrected chi connectivity index (χ0v) is 13.8. The Hall–Kier alpha value is -1.04. The first-order valence-electron chi connectivity index (χ1n) is 7.20. The minimum Gasteiger partial charge on any atom is -0.484 e. The topological polar surface area (TPSA) is 50.4 Å². The molecule has 22 heavy (non-hydrogen) atoms. The third-order valence-electron chi connectivity index (χ3n) is 3.53. The number of halogens is 3. The van der Waals surface area contributed by atoms with Crippen molar-refractivity contribution in [2.24, 2.45) is 5.92 Å². The predicted octanol–water partition coefficient (Wildman–Crippen LogP) is 2.79. The van der Waals surface area contributed by atoms with Crippen molar-refractivity contribution >= 4 is 29.9 Å². The molecule has 0 aromatic heterocycles. The highest BCUT2D eigenvalue weighted by atomic mass is 35.5. The molecule has 2 rings (SSSR count). The summed E-state index contributed by atoms with van der Waals surface area (Å²) >= 11 is 5.64. The van der Waals surface area contributed by atoms with Gasteiger partial charge in [-0.3, -0.25) is 4.79 Å². The van der Waals surface area contributed by atoms with E-state index in [9.17, 15) is 9.18 Å². The molecule has 124 valence electrons. The van der Waals surface area contributed by atoms with Crippen LogP contribution in [0.3, 0.4) is 0 Å². The number of hydrogen-bond acceptors (Lipinski definition) is 3. The van der Waals surface area contributed by atoms with E-state index in [1.807, 2.05) is 0 Å². The van der Waals surface area contributed by atoms with Gasteiger partial charge in [0, 0.05) is 12.6 Å². The SMILES string of the molecule is Cl.O=C(COc1ccc(F)c(Cl)c1)NCCC1CCCNC1. The van der Waals surface area contributed by atoms with Gasteiger partial charge < -0.3 is 15.4 Å². The van der Waals surface area contributed by atoms with E-state index in [2.05, 4.69) is 10.6 Å². The Morgan fingerprint density at radius 1 is 1.50 bits per heavy atom. The van der Waals surface area contributed by atoms with E-state index < -0.39 is 5.82 Å². The summed E-state index contributed by atoms with van der Waals surface area (Å²) in [4.78, 5) is 11.7. The summed E-state index contributed by atoms with van der Waals surface area (Å²) < 4.78 is 18.2. The van der Waals surface area contributed by atoms with E-state index in [-0.39, 0.29) is 29.9 Å². The number of carbonyl (C=O) groups excluding carboxylic acids is 1. The van der Waals surface area contributed by atoms with Gasteiger partial charge >= 0.3 is 0 Å². The lowest BCUT2D eigenvalue weighted by Crippen LogP contribution is -2.34. The van der Waals surface area contributed by atoms with Crippen molar-refractivity contribution in [1.82, 2.24) is 10.6 Å². The highest BCUT2D eigenvalue weighted by Gasteiger charge is 2.13. The smallest absolute Gasteiger partial charge is 0.257 e. The van der Waals surface area contributed by atoms with E-state index in [4.69, 9.17) is 16.3 Å². The van der Waals surface area contributed by atoms with Gasteiger partial charge in [0.25, 0.3) is 5.91 Å². The van der Waals surface area contributed by atoms with Gasteiger partial charge in [-0.25, -0.2) is 4.39 Å². The molecule has 1 fully saturated rings. The van der Waals surface area contributed by atoms with Crippen LogP contribution < -0.4 is 15.4 Å². The molecule has 0 bridgehead atoms. The summed E-state index contributed by atoms with van der Waals surface area (Å²) in [5.41, 5.74) is 0. The van der Waals surface area contributed by atoms with Gasteiger partial charge in [0.15, 0.2) is 6.61 Å². The summed E-state index contributed by atoms with van der Waals surface area (Å²) in [5, 5.41) is 6.16. The summed E-state index contributed by atoms with van der Waals surface area (Å²) in [6, 6.07) is 4.02. The monoisotopic (exact) mass is 350 g/mol. The summed E-state index contributed by atoms with van der Waals surface area (Å²) in [7, 11) is 0. The Balaban J connectivity index is 0.00000242. The Bertz CT molecular complexity index is 483. The van der Waals surface area contributed by atoms with E-state index in [1.54, 1.807) is 0 Å². The fraction of sp³-hybridized carbons (Fsp3) is 0.533. The van der Waals surface area contributed by atoms with E-state index in [1.165, 1.54) is 31.0 Å². The minimum atomic E-state index is -0.505. The van der Waals surface area contributed by atoms with Crippen LogP contribution in [0.15, 0.2) is 18.2 Å². The van der Waals surface area contributed by atoms with Crippen LogP contribution in [-0.4, -0.2) is 32.1 Å². The van der Waals surface area contributed by atoms with E-state index in [0.29, 0.717) is 18.2 Å². The number of piperidine rings is 1. The molecule has 1 aromatic carbocycles. The zero-order chi connectivity index (χ0) is 15.1. The molecular weight excluding hydrogens is 330 g/mol. The maximum atomic E-state index is 13.0. The normalized spacial score (nSPS) is 17.5. The number of nitrogens with one attached hydrogen (secondary N) is 2. The lowest BCUT2D eigenvalue weighted by atomic mass is 9.96. The van der Waals surface area contributed by atoms with Crippen molar-refractivity contribution in [1.29, 1.82) is 0 Å². The number of amides is 1. The molecule has 1 heterocycles. The van der Waals surface area contributed by atoms with Crippen LogP contribution >= 0.6 is 24.0 Å². The first-order valence-corrected chi connectivity index (χ1v) is 7.58. The second kappa shape index (κ2) is 9.87. The molecule has 0 radical (unpaired) electrons. The van der Waals surface area contributed by atoms with Crippen LogP contribution in [-0.2, 0) is 4.79 Å². The van der Waals surface area contributed by atoms with Crippen molar-refractivity contribution in [3.63, 3.8) is 0 Å². The maximum Gasteiger partial charge on any atom is 0.257 e. The van der Waals surface area contributed by atoms with Crippen LogP contribution in [0.5, 0.6) is 5.75 Å². The van der Waals surface area contributed by atoms with E-state index >= 15 is 0 Å². The molecular formula is C15H21Cl2FN2O2. The molecule has 7 heteroatoms. The molecule has 1 unspecified atom stereocenters. The number of rotatable bonds is 6. The number of ether oxygens (including phenoxy) is 1. The molecule has 0 saturated carbocycles. The quantitative estimate of drug-likeness (QED) is 0.829. The zero-order valence-electron chi connectivity index (χ0n) is 12.2. The summed E-state index contributed by atoms with van der Waals surface area (Å²) in [5.74, 6) is 0.331. The number of carbonyl (C=O) groups is 1. The van der Waals surface area contributed by atoms with E-state index in [0.717, 1.165) is 19.5 Å². The van der Waals surface area contributed by atoms with Crippen LogP contribution in [0, 0.1) is 11.7 Å². The van der Waals surface area contributed by atoms with Gasteiger partial charge in [0.1, 0.15) is 11.6 Å². The van der Waals surface area contributed by atoms with Crippen molar-refractivity contribution in [2.75, 3.05) is 26.2 Å². The van der Waals surface area contributed by atoms with Crippen LogP contribution in [0.4, 0.5) is 4.39 Å². The van der Waals surface area contributed by atoms with Gasteiger partial charge in [0.2, 0.25) is 0 Å². The van der Waals surface area contributed by atoms with Gasteiger partial charge in [-0.15, -0.1) is 12.4 Å². The van der Waals surface area contributed by atoms with Gasteiger partial charge in [0.05, 0.1) is 5.02 Å².